The van der Waals surface area contributed by atoms with E-state index in [1.165, 1.54) is 0 Å². The number of benzene rings is 1. The van der Waals surface area contributed by atoms with E-state index in [2.05, 4.69) is 22.5 Å². The van der Waals surface area contributed by atoms with Crippen molar-refractivity contribution in [2.45, 2.75) is 32.6 Å². The van der Waals surface area contributed by atoms with Crippen molar-refractivity contribution >= 4 is 11.6 Å². The molecule has 0 unspecified atom stereocenters. The van der Waals surface area contributed by atoms with Gasteiger partial charge in [0.1, 0.15) is 0 Å². The van der Waals surface area contributed by atoms with Crippen molar-refractivity contribution in [3.8, 4) is 0 Å². The minimum atomic E-state index is -0.372. The summed E-state index contributed by atoms with van der Waals surface area (Å²) >= 11 is 0. The van der Waals surface area contributed by atoms with Gasteiger partial charge in [0.15, 0.2) is 5.96 Å². The van der Waals surface area contributed by atoms with Gasteiger partial charge in [-0.3, -0.25) is 15.1 Å². The Kier molecular flexibility index (Phi) is 7.86. The van der Waals surface area contributed by atoms with E-state index in [0.717, 1.165) is 50.3 Å². The third-order valence-corrected chi connectivity index (χ3v) is 3.10. The molecule has 1 aromatic carbocycles. The van der Waals surface area contributed by atoms with Gasteiger partial charge in [-0.05, 0) is 31.2 Å². The highest BCUT2D eigenvalue weighted by molar-refractivity contribution is 5.79. The minimum absolute atomic E-state index is 0.145. The Morgan fingerprint density at radius 2 is 1.86 bits per heavy atom. The number of hydrogen-bond acceptors (Lipinski definition) is 3. The van der Waals surface area contributed by atoms with Crippen LogP contribution in [0.15, 0.2) is 29.3 Å². The summed E-state index contributed by atoms with van der Waals surface area (Å²) in [5.41, 5.74) is 1.28. The number of aryl methyl sites for hydroxylation is 1. The zero-order valence-electron chi connectivity index (χ0n) is 12.8. The monoisotopic (exact) mass is 292 g/mol. The summed E-state index contributed by atoms with van der Waals surface area (Å²) in [5.74, 6) is 0.840. The van der Waals surface area contributed by atoms with Gasteiger partial charge in [-0.15, -0.1) is 0 Å². The van der Waals surface area contributed by atoms with Crippen molar-refractivity contribution in [3.63, 3.8) is 0 Å². The van der Waals surface area contributed by atoms with Crippen LogP contribution in [0.5, 0.6) is 0 Å². The number of guanidine groups is 1. The van der Waals surface area contributed by atoms with E-state index in [0.29, 0.717) is 0 Å². The molecule has 0 aliphatic carbocycles. The average Bonchev–Trinajstić information content (AvgIpc) is 2.50. The molecule has 1 rings (SSSR count). The van der Waals surface area contributed by atoms with Crippen LogP contribution in [0.2, 0.25) is 0 Å². The molecule has 0 spiro atoms. The lowest BCUT2D eigenvalue weighted by Gasteiger charge is -2.10. The number of rotatable bonds is 8. The summed E-state index contributed by atoms with van der Waals surface area (Å²) in [6.45, 7) is 3.91. The Balaban J connectivity index is 2.20. The van der Waals surface area contributed by atoms with Crippen molar-refractivity contribution < 1.29 is 4.92 Å². The van der Waals surface area contributed by atoms with Crippen LogP contribution in [0, 0.1) is 10.1 Å². The largest absolute Gasteiger partial charge is 0.356 e. The zero-order chi connectivity index (χ0) is 15.5. The Hall–Kier alpha value is -2.11. The second-order valence-electron chi connectivity index (χ2n) is 4.81. The molecule has 0 radical (unpaired) electrons. The zero-order valence-corrected chi connectivity index (χ0v) is 12.8. The lowest BCUT2D eigenvalue weighted by molar-refractivity contribution is -0.384. The van der Waals surface area contributed by atoms with Gasteiger partial charge < -0.3 is 10.6 Å². The summed E-state index contributed by atoms with van der Waals surface area (Å²) in [4.78, 5) is 14.3. The van der Waals surface area contributed by atoms with Gasteiger partial charge in [0.05, 0.1) is 4.92 Å². The summed E-state index contributed by atoms with van der Waals surface area (Å²) in [6, 6.07) is 6.77. The van der Waals surface area contributed by atoms with Crippen molar-refractivity contribution in [2.24, 2.45) is 4.99 Å². The highest BCUT2D eigenvalue weighted by Gasteiger charge is 2.03. The molecule has 0 bridgehead atoms. The van der Waals surface area contributed by atoms with Crippen LogP contribution in [0.1, 0.15) is 31.7 Å². The Labute approximate surface area is 125 Å². The number of non-ortho nitro benzene ring substituents is 1. The Morgan fingerprint density at radius 1 is 1.19 bits per heavy atom. The predicted molar refractivity (Wildman–Crippen MR) is 85.7 cm³/mol. The lowest BCUT2D eigenvalue weighted by atomic mass is 10.1. The predicted octanol–water partition coefficient (Wildman–Crippen LogP) is 2.49. The first-order chi connectivity index (χ1) is 10.2. The number of nitro groups is 1. The number of nitrogens with zero attached hydrogens (tertiary/aromatic N) is 2. The third kappa shape index (κ3) is 6.74. The van der Waals surface area contributed by atoms with Crippen LogP contribution in [-0.2, 0) is 6.42 Å². The van der Waals surface area contributed by atoms with E-state index in [1.54, 1.807) is 19.2 Å². The number of aliphatic imine (C=N–C) groups is 1. The van der Waals surface area contributed by atoms with Gasteiger partial charge in [0.2, 0.25) is 0 Å². The maximum atomic E-state index is 10.6. The maximum Gasteiger partial charge on any atom is 0.269 e. The standard InChI is InChI=1S/C15H24N4O2/c1-3-11-17-15(16-2)18-12-5-4-6-13-7-9-14(10-8-13)19(20)21/h7-10H,3-6,11-12H2,1-2H3,(H2,16,17,18). The van der Waals surface area contributed by atoms with E-state index in [9.17, 15) is 10.1 Å². The Morgan fingerprint density at radius 3 is 2.43 bits per heavy atom. The van der Waals surface area contributed by atoms with E-state index < -0.39 is 0 Å². The summed E-state index contributed by atoms with van der Waals surface area (Å²) < 4.78 is 0. The van der Waals surface area contributed by atoms with Crippen LogP contribution in [0.25, 0.3) is 0 Å². The average molecular weight is 292 g/mol. The molecule has 21 heavy (non-hydrogen) atoms. The fraction of sp³-hybridized carbons (Fsp3) is 0.533. The SMILES string of the molecule is CCCNC(=NC)NCCCCc1ccc([N+](=O)[O-])cc1. The van der Waals surface area contributed by atoms with Gasteiger partial charge in [0.25, 0.3) is 5.69 Å². The smallest absolute Gasteiger partial charge is 0.269 e. The molecule has 0 heterocycles. The molecule has 0 fully saturated rings. The second-order valence-corrected chi connectivity index (χ2v) is 4.81. The topological polar surface area (TPSA) is 79.6 Å². The molecule has 0 saturated carbocycles. The van der Waals surface area contributed by atoms with E-state index >= 15 is 0 Å². The highest BCUT2D eigenvalue weighted by atomic mass is 16.6. The molecule has 6 heteroatoms. The van der Waals surface area contributed by atoms with Crippen molar-refractivity contribution in [2.75, 3.05) is 20.1 Å². The highest BCUT2D eigenvalue weighted by Crippen LogP contribution is 2.13. The Bertz CT molecular complexity index is 457. The number of hydrogen-bond donors (Lipinski definition) is 2. The molecule has 0 aliphatic rings. The third-order valence-electron chi connectivity index (χ3n) is 3.10. The molecule has 6 nitrogen and oxygen atoms in total. The molecule has 0 saturated heterocycles. The first-order valence-electron chi connectivity index (χ1n) is 7.35. The van der Waals surface area contributed by atoms with E-state index in [4.69, 9.17) is 0 Å². The fourth-order valence-electron chi connectivity index (χ4n) is 1.91. The molecule has 0 atom stereocenters. The molecule has 116 valence electrons. The second kappa shape index (κ2) is 9.74. The van der Waals surface area contributed by atoms with Crippen LogP contribution in [0.3, 0.4) is 0 Å². The quantitative estimate of drug-likeness (QED) is 0.254. The van der Waals surface area contributed by atoms with Crippen LogP contribution in [0.4, 0.5) is 5.69 Å². The maximum absolute atomic E-state index is 10.6. The van der Waals surface area contributed by atoms with Crippen molar-refractivity contribution in [1.29, 1.82) is 0 Å². The summed E-state index contributed by atoms with van der Waals surface area (Å²) in [6.07, 6.45) is 4.07. The molecule has 0 aromatic heterocycles. The van der Waals surface area contributed by atoms with Gasteiger partial charge in [-0.2, -0.15) is 0 Å². The molecule has 1 aromatic rings. The van der Waals surface area contributed by atoms with Crippen LogP contribution < -0.4 is 10.6 Å². The van der Waals surface area contributed by atoms with E-state index in [1.807, 2.05) is 12.1 Å². The van der Waals surface area contributed by atoms with Gasteiger partial charge in [0, 0.05) is 32.3 Å². The first kappa shape index (κ1) is 16.9. The minimum Gasteiger partial charge on any atom is -0.356 e. The molecule has 0 amide bonds. The summed E-state index contributed by atoms with van der Waals surface area (Å²) in [7, 11) is 1.77. The molecule has 0 aliphatic heterocycles. The number of unbranched alkanes of at least 4 members (excludes halogenated alkanes) is 1. The van der Waals surface area contributed by atoms with Crippen LogP contribution in [-0.4, -0.2) is 31.0 Å². The van der Waals surface area contributed by atoms with E-state index in [-0.39, 0.29) is 10.6 Å². The molecular weight excluding hydrogens is 268 g/mol. The molecular formula is C15H24N4O2. The van der Waals surface area contributed by atoms with Gasteiger partial charge in [-0.25, -0.2) is 0 Å². The number of nitro benzene ring substituents is 1. The molecule has 2 N–H and O–H groups in total. The van der Waals surface area contributed by atoms with Crippen LogP contribution >= 0.6 is 0 Å². The lowest BCUT2D eigenvalue weighted by Crippen LogP contribution is -2.38. The summed E-state index contributed by atoms with van der Waals surface area (Å²) in [5, 5.41) is 17.0. The van der Waals surface area contributed by atoms with Gasteiger partial charge in [-0.1, -0.05) is 19.1 Å². The van der Waals surface area contributed by atoms with Crippen molar-refractivity contribution in [1.82, 2.24) is 10.6 Å². The fourth-order valence-corrected chi connectivity index (χ4v) is 1.91. The normalized spacial score (nSPS) is 11.2. The first-order valence-corrected chi connectivity index (χ1v) is 7.35. The van der Waals surface area contributed by atoms with Gasteiger partial charge >= 0.3 is 0 Å². The number of nitrogens with one attached hydrogen (secondary N) is 2. The van der Waals surface area contributed by atoms with Crippen molar-refractivity contribution in [3.05, 3.63) is 39.9 Å².